The smallest absolute Gasteiger partial charge is 0.182 e. The standard InChI is InChI=1S/C24H31N3/c1-3-5-12-23-16-21(20-10-8-7-9-11-20)17-24(13-6-4-2)27(23)15-14-22-18-25-19-26-22/h7-11,16-19H,3-6,12-15H2,1-2H3. The summed E-state index contributed by atoms with van der Waals surface area (Å²) in [5, 5.41) is 0. The molecule has 1 aromatic carbocycles. The van der Waals surface area contributed by atoms with E-state index in [1.165, 1.54) is 48.2 Å². The molecule has 27 heavy (non-hydrogen) atoms. The van der Waals surface area contributed by atoms with Gasteiger partial charge in [-0.2, -0.15) is 4.57 Å². The number of rotatable bonds is 10. The van der Waals surface area contributed by atoms with Gasteiger partial charge in [-0.1, -0.05) is 75.2 Å². The topological polar surface area (TPSA) is 30.9 Å². The quantitative estimate of drug-likeness (QED) is 0.480. The van der Waals surface area contributed by atoms with Gasteiger partial charge in [0.15, 0.2) is 17.9 Å². The van der Waals surface area contributed by atoms with E-state index >= 15 is 0 Å². The van der Waals surface area contributed by atoms with Crippen LogP contribution in [0.2, 0.25) is 0 Å². The molecule has 0 fully saturated rings. The average Bonchev–Trinajstić information content (AvgIpc) is 3.23. The van der Waals surface area contributed by atoms with Crippen LogP contribution in [0, 0.1) is 0 Å². The SMILES string of the molecule is CCCCc1cc(-c2ccccc2)cc(CCCC)[n+]1CCc1c[n-]cn1. The molecule has 3 rings (SSSR count). The molecule has 0 N–H and O–H groups in total. The Balaban J connectivity index is 1.98. The normalized spacial score (nSPS) is 11.0. The predicted molar refractivity (Wildman–Crippen MR) is 111 cm³/mol. The maximum absolute atomic E-state index is 4.36. The van der Waals surface area contributed by atoms with E-state index in [0.29, 0.717) is 0 Å². The van der Waals surface area contributed by atoms with Gasteiger partial charge in [0, 0.05) is 31.4 Å². The molecule has 0 atom stereocenters. The number of aromatic nitrogens is 3. The number of aryl methyl sites for hydroxylation is 3. The van der Waals surface area contributed by atoms with E-state index in [9.17, 15) is 0 Å². The number of unbranched alkanes of at least 4 members (excludes halogenated alkanes) is 2. The first-order valence-corrected chi connectivity index (χ1v) is 10.3. The van der Waals surface area contributed by atoms with Gasteiger partial charge in [0.25, 0.3) is 0 Å². The predicted octanol–water partition coefficient (Wildman–Crippen LogP) is 4.92. The van der Waals surface area contributed by atoms with Crippen LogP contribution >= 0.6 is 0 Å². The van der Waals surface area contributed by atoms with Crippen molar-refractivity contribution in [1.82, 2.24) is 9.97 Å². The Morgan fingerprint density at radius 1 is 0.852 bits per heavy atom. The highest BCUT2D eigenvalue weighted by atomic mass is 15.0. The molecule has 142 valence electrons. The molecule has 0 amide bonds. The van der Waals surface area contributed by atoms with Crippen molar-refractivity contribution in [3.63, 3.8) is 0 Å². The van der Waals surface area contributed by atoms with Crippen LogP contribution in [0.1, 0.15) is 56.6 Å². The third-order valence-electron chi connectivity index (χ3n) is 5.12. The van der Waals surface area contributed by atoms with Crippen LogP contribution in [-0.2, 0) is 25.8 Å². The first-order chi connectivity index (χ1) is 13.3. The molecule has 0 bridgehead atoms. The van der Waals surface area contributed by atoms with E-state index in [4.69, 9.17) is 0 Å². The van der Waals surface area contributed by atoms with E-state index in [2.05, 4.69) is 70.8 Å². The molecule has 2 heterocycles. The number of benzene rings is 1. The van der Waals surface area contributed by atoms with Gasteiger partial charge in [-0.3, -0.25) is 0 Å². The second-order valence-corrected chi connectivity index (χ2v) is 7.22. The Kier molecular flexibility index (Phi) is 7.20. The summed E-state index contributed by atoms with van der Waals surface area (Å²) in [6, 6.07) is 15.6. The molecule has 0 saturated heterocycles. The van der Waals surface area contributed by atoms with Gasteiger partial charge in [0.05, 0.1) is 0 Å². The summed E-state index contributed by atoms with van der Waals surface area (Å²) < 4.78 is 2.55. The van der Waals surface area contributed by atoms with Crippen LogP contribution in [0.15, 0.2) is 55.0 Å². The molecular formula is C24H31N3. The van der Waals surface area contributed by atoms with Gasteiger partial charge < -0.3 is 9.97 Å². The molecule has 2 aromatic heterocycles. The first kappa shape index (κ1) is 19.3. The number of hydrogen-bond donors (Lipinski definition) is 0. The van der Waals surface area contributed by atoms with Crippen molar-refractivity contribution >= 4 is 0 Å². The second-order valence-electron chi connectivity index (χ2n) is 7.22. The van der Waals surface area contributed by atoms with Crippen LogP contribution in [0.3, 0.4) is 0 Å². The molecule has 3 nitrogen and oxygen atoms in total. The Morgan fingerprint density at radius 3 is 2.07 bits per heavy atom. The van der Waals surface area contributed by atoms with Crippen molar-refractivity contribution in [2.24, 2.45) is 0 Å². The monoisotopic (exact) mass is 361 g/mol. The molecule has 0 radical (unpaired) electrons. The first-order valence-electron chi connectivity index (χ1n) is 10.3. The zero-order chi connectivity index (χ0) is 18.9. The van der Waals surface area contributed by atoms with Gasteiger partial charge >= 0.3 is 0 Å². The fourth-order valence-corrected chi connectivity index (χ4v) is 3.57. The molecule has 3 heteroatoms. The highest BCUT2D eigenvalue weighted by Gasteiger charge is 2.19. The molecule has 0 aliphatic rings. The lowest BCUT2D eigenvalue weighted by atomic mass is 10.0. The van der Waals surface area contributed by atoms with Crippen LogP contribution < -0.4 is 9.55 Å². The summed E-state index contributed by atoms with van der Waals surface area (Å²) in [7, 11) is 0. The van der Waals surface area contributed by atoms with Crippen LogP contribution in [0.4, 0.5) is 0 Å². The lowest BCUT2D eigenvalue weighted by Crippen LogP contribution is -2.44. The van der Waals surface area contributed by atoms with E-state index in [1.54, 1.807) is 6.33 Å². The van der Waals surface area contributed by atoms with E-state index < -0.39 is 0 Å². The zero-order valence-electron chi connectivity index (χ0n) is 16.7. The van der Waals surface area contributed by atoms with Gasteiger partial charge in [-0.15, -0.1) is 0 Å². The van der Waals surface area contributed by atoms with E-state index in [1.807, 2.05) is 6.20 Å². The highest BCUT2D eigenvalue weighted by molar-refractivity contribution is 5.63. The highest BCUT2D eigenvalue weighted by Crippen LogP contribution is 2.22. The fraction of sp³-hybridized carbons (Fsp3) is 0.417. The summed E-state index contributed by atoms with van der Waals surface area (Å²) in [6.45, 7) is 5.51. The summed E-state index contributed by atoms with van der Waals surface area (Å²) in [6.07, 6.45) is 11.6. The van der Waals surface area contributed by atoms with Crippen molar-refractivity contribution in [2.75, 3.05) is 0 Å². The fourth-order valence-electron chi connectivity index (χ4n) is 3.57. The van der Waals surface area contributed by atoms with Gasteiger partial charge in [0.2, 0.25) is 0 Å². The third-order valence-corrected chi connectivity index (χ3v) is 5.12. The number of pyridine rings is 1. The van der Waals surface area contributed by atoms with Crippen molar-refractivity contribution in [2.45, 2.75) is 65.3 Å². The summed E-state index contributed by atoms with van der Waals surface area (Å²) in [5.74, 6) is 0. The number of imidazole rings is 1. The molecule has 0 aliphatic heterocycles. The average molecular weight is 362 g/mol. The van der Waals surface area contributed by atoms with Gasteiger partial charge in [0.1, 0.15) is 0 Å². The summed E-state index contributed by atoms with van der Waals surface area (Å²) in [4.78, 5) is 8.47. The Morgan fingerprint density at radius 2 is 1.52 bits per heavy atom. The lowest BCUT2D eigenvalue weighted by molar-refractivity contribution is -0.710. The van der Waals surface area contributed by atoms with E-state index in [-0.39, 0.29) is 0 Å². The number of nitrogens with zero attached hydrogens (tertiary/aromatic N) is 3. The summed E-state index contributed by atoms with van der Waals surface area (Å²) >= 11 is 0. The zero-order valence-corrected chi connectivity index (χ0v) is 16.7. The van der Waals surface area contributed by atoms with Gasteiger partial charge in [-0.25, -0.2) is 0 Å². The van der Waals surface area contributed by atoms with Crippen LogP contribution in [-0.4, -0.2) is 4.98 Å². The molecule has 0 spiro atoms. The van der Waals surface area contributed by atoms with Gasteiger partial charge in [-0.05, 0) is 24.0 Å². The van der Waals surface area contributed by atoms with Crippen LogP contribution in [0.25, 0.3) is 11.1 Å². The Labute approximate surface area is 163 Å². The molecule has 3 aromatic rings. The second kappa shape index (κ2) is 10.1. The molecule has 0 aliphatic carbocycles. The largest absolute Gasteiger partial charge is 0.450 e. The van der Waals surface area contributed by atoms with Crippen molar-refractivity contribution < 1.29 is 4.57 Å². The lowest BCUT2D eigenvalue weighted by Gasteiger charge is -2.13. The Bertz CT molecular complexity index is 778. The van der Waals surface area contributed by atoms with Crippen molar-refractivity contribution in [3.8, 4) is 11.1 Å². The Hall–Kier alpha value is -2.42. The summed E-state index contributed by atoms with van der Waals surface area (Å²) in [5.41, 5.74) is 6.63. The maximum atomic E-state index is 4.36. The van der Waals surface area contributed by atoms with Crippen molar-refractivity contribution in [1.29, 1.82) is 0 Å². The van der Waals surface area contributed by atoms with Crippen LogP contribution in [0.5, 0.6) is 0 Å². The van der Waals surface area contributed by atoms with E-state index in [0.717, 1.165) is 31.5 Å². The molecule has 0 saturated carbocycles. The molecule has 0 unspecified atom stereocenters. The number of hydrogen-bond acceptors (Lipinski definition) is 1. The maximum Gasteiger partial charge on any atom is 0.182 e. The third kappa shape index (κ3) is 5.29. The minimum atomic E-state index is 0.938. The van der Waals surface area contributed by atoms with Crippen molar-refractivity contribution in [3.05, 3.63) is 72.1 Å². The molecular weight excluding hydrogens is 330 g/mol. The minimum absolute atomic E-state index is 0.938. The minimum Gasteiger partial charge on any atom is -0.450 e.